The molecule has 0 aromatic rings. The molecular formula is C16H29NO3. The van der Waals surface area contributed by atoms with Crippen LogP contribution in [0.5, 0.6) is 0 Å². The van der Waals surface area contributed by atoms with Crippen LogP contribution in [0.15, 0.2) is 0 Å². The van der Waals surface area contributed by atoms with E-state index in [0.717, 1.165) is 51.4 Å². The molecule has 0 heterocycles. The Bertz CT molecular complexity index is 318. The molecule has 2 fully saturated rings. The maximum absolute atomic E-state index is 12.4. The van der Waals surface area contributed by atoms with Gasteiger partial charge in [0.25, 0.3) is 0 Å². The van der Waals surface area contributed by atoms with Crippen LogP contribution >= 0.6 is 0 Å². The average molecular weight is 283 g/mol. The molecule has 1 amide bonds. The Morgan fingerprint density at radius 2 is 1.75 bits per heavy atom. The summed E-state index contributed by atoms with van der Waals surface area (Å²) in [5.41, 5.74) is -0.907. The average Bonchev–Trinajstić information content (AvgIpc) is 2.61. The number of hydrogen-bond acceptors (Lipinski definition) is 3. The summed E-state index contributed by atoms with van der Waals surface area (Å²) in [5, 5.41) is 13.6. The lowest BCUT2D eigenvalue weighted by Gasteiger charge is -2.41. The smallest absolute Gasteiger partial charge is 0.226 e. The van der Waals surface area contributed by atoms with E-state index in [4.69, 9.17) is 4.74 Å². The fourth-order valence-corrected chi connectivity index (χ4v) is 3.49. The van der Waals surface area contributed by atoms with Gasteiger partial charge in [0.05, 0.1) is 11.0 Å². The van der Waals surface area contributed by atoms with E-state index in [1.165, 1.54) is 12.8 Å². The monoisotopic (exact) mass is 283 g/mol. The molecule has 0 bridgehead atoms. The van der Waals surface area contributed by atoms with Crippen LogP contribution in [0.25, 0.3) is 0 Å². The molecule has 116 valence electrons. The zero-order valence-corrected chi connectivity index (χ0v) is 12.7. The van der Waals surface area contributed by atoms with Crippen molar-refractivity contribution < 1.29 is 14.6 Å². The topological polar surface area (TPSA) is 58.6 Å². The minimum absolute atomic E-state index is 0.124. The maximum Gasteiger partial charge on any atom is 0.226 e. The van der Waals surface area contributed by atoms with Crippen molar-refractivity contribution in [2.45, 2.75) is 69.8 Å². The lowest BCUT2D eigenvalue weighted by molar-refractivity contribution is -0.139. The van der Waals surface area contributed by atoms with Crippen LogP contribution in [-0.2, 0) is 9.53 Å². The molecule has 2 aliphatic carbocycles. The van der Waals surface area contributed by atoms with Crippen LogP contribution in [-0.4, -0.2) is 36.9 Å². The molecule has 2 aliphatic rings. The Labute approximate surface area is 122 Å². The van der Waals surface area contributed by atoms with Crippen molar-refractivity contribution in [3.63, 3.8) is 0 Å². The van der Waals surface area contributed by atoms with Crippen molar-refractivity contribution >= 4 is 5.91 Å². The molecule has 0 radical (unpaired) electrons. The van der Waals surface area contributed by atoms with E-state index in [1.807, 2.05) is 0 Å². The number of carbonyl (C=O) groups is 1. The summed E-state index contributed by atoms with van der Waals surface area (Å²) in [7, 11) is 1.68. The number of ether oxygens (including phenoxy) is 1. The molecule has 2 rings (SSSR count). The third kappa shape index (κ3) is 3.73. The summed E-state index contributed by atoms with van der Waals surface area (Å²) in [6, 6.07) is 0. The zero-order chi connectivity index (χ0) is 14.5. The van der Waals surface area contributed by atoms with E-state index in [0.29, 0.717) is 13.2 Å². The zero-order valence-electron chi connectivity index (χ0n) is 12.7. The molecule has 0 atom stereocenters. The first-order valence-electron chi connectivity index (χ1n) is 8.10. The third-order valence-electron chi connectivity index (χ3n) is 5.19. The molecule has 0 saturated heterocycles. The first-order valence-corrected chi connectivity index (χ1v) is 8.10. The number of amides is 1. The van der Waals surface area contributed by atoms with Crippen molar-refractivity contribution in [2.75, 3.05) is 20.3 Å². The molecule has 2 saturated carbocycles. The van der Waals surface area contributed by atoms with Crippen molar-refractivity contribution in [3.05, 3.63) is 0 Å². The highest BCUT2D eigenvalue weighted by molar-refractivity contribution is 5.83. The second-order valence-corrected chi connectivity index (χ2v) is 6.70. The first-order chi connectivity index (χ1) is 9.60. The third-order valence-corrected chi connectivity index (χ3v) is 5.19. The standard InChI is InChI=1S/C16H29NO3/c1-20-12-11-15(7-6-8-15)14(18)17-13-16(19)9-4-2-3-5-10-16/h19H,2-13H2,1H3,(H,17,18). The van der Waals surface area contributed by atoms with Gasteiger partial charge in [0.2, 0.25) is 5.91 Å². The predicted molar refractivity (Wildman–Crippen MR) is 78.4 cm³/mol. The summed E-state index contributed by atoms with van der Waals surface area (Å²) >= 11 is 0. The summed E-state index contributed by atoms with van der Waals surface area (Å²) in [6.07, 6.45) is 10.0. The van der Waals surface area contributed by atoms with Gasteiger partial charge >= 0.3 is 0 Å². The molecule has 0 unspecified atom stereocenters. The fraction of sp³-hybridized carbons (Fsp3) is 0.938. The maximum atomic E-state index is 12.4. The summed E-state index contributed by atoms with van der Waals surface area (Å²) in [6.45, 7) is 1.05. The van der Waals surface area contributed by atoms with Crippen molar-refractivity contribution in [3.8, 4) is 0 Å². The second kappa shape index (κ2) is 6.90. The van der Waals surface area contributed by atoms with Gasteiger partial charge in [-0.05, 0) is 32.1 Å². The Balaban J connectivity index is 1.84. The van der Waals surface area contributed by atoms with E-state index in [1.54, 1.807) is 7.11 Å². The summed E-state index contributed by atoms with van der Waals surface area (Å²) in [5.74, 6) is 0.124. The highest BCUT2D eigenvalue weighted by Crippen LogP contribution is 2.44. The first kappa shape index (κ1) is 15.8. The number of aliphatic hydroxyl groups is 1. The quantitative estimate of drug-likeness (QED) is 0.736. The lowest BCUT2D eigenvalue weighted by atomic mass is 9.66. The van der Waals surface area contributed by atoms with Gasteiger partial charge in [0.1, 0.15) is 0 Å². The Morgan fingerprint density at radius 1 is 1.10 bits per heavy atom. The largest absolute Gasteiger partial charge is 0.388 e. The fourth-order valence-electron chi connectivity index (χ4n) is 3.49. The predicted octanol–water partition coefficient (Wildman–Crippen LogP) is 2.39. The van der Waals surface area contributed by atoms with Crippen LogP contribution in [0.3, 0.4) is 0 Å². The van der Waals surface area contributed by atoms with E-state index in [-0.39, 0.29) is 11.3 Å². The molecule has 0 aromatic heterocycles. The molecule has 20 heavy (non-hydrogen) atoms. The Kier molecular flexibility index (Phi) is 5.44. The van der Waals surface area contributed by atoms with E-state index < -0.39 is 5.60 Å². The van der Waals surface area contributed by atoms with Crippen LogP contribution in [0.2, 0.25) is 0 Å². The summed E-state index contributed by atoms with van der Waals surface area (Å²) in [4.78, 5) is 12.4. The Morgan fingerprint density at radius 3 is 2.25 bits per heavy atom. The highest BCUT2D eigenvalue weighted by Gasteiger charge is 2.44. The minimum Gasteiger partial charge on any atom is -0.388 e. The van der Waals surface area contributed by atoms with Gasteiger partial charge in [0, 0.05) is 20.3 Å². The van der Waals surface area contributed by atoms with Gasteiger partial charge in [-0.15, -0.1) is 0 Å². The molecule has 0 aliphatic heterocycles. The van der Waals surface area contributed by atoms with Crippen LogP contribution in [0, 0.1) is 5.41 Å². The van der Waals surface area contributed by atoms with Gasteiger partial charge in [-0.2, -0.15) is 0 Å². The number of rotatable bonds is 6. The number of methoxy groups -OCH3 is 1. The number of nitrogens with one attached hydrogen (secondary N) is 1. The van der Waals surface area contributed by atoms with E-state index in [9.17, 15) is 9.90 Å². The van der Waals surface area contributed by atoms with Gasteiger partial charge in [-0.3, -0.25) is 4.79 Å². The molecular weight excluding hydrogens is 254 g/mol. The number of hydrogen-bond donors (Lipinski definition) is 2. The minimum atomic E-state index is -0.682. The SMILES string of the molecule is COCCC1(C(=O)NCC2(O)CCCCCC2)CCC1. The van der Waals surface area contributed by atoms with Gasteiger partial charge in [0.15, 0.2) is 0 Å². The normalized spacial score (nSPS) is 24.5. The summed E-state index contributed by atoms with van der Waals surface area (Å²) < 4.78 is 5.12. The van der Waals surface area contributed by atoms with Crippen molar-refractivity contribution in [1.82, 2.24) is 5.32 Å². The molecule has 0 spiro atoms. The van der Waals surface area contributed by atoms with Gasteiger partial charge in [-0.1, -0.05) is 32.1 Å². The number of carbonyl (C=O) groups excluding carboxylic acids is 1. The van der Waals surface area contributed by atoms with Crippen molar-refractivity contribution in [2.24, 2.45) is 5.41 Å². The van der Waals surface area contributed by atoms with Crippen LogP contribution < -0.4 is 5.32 Å². The van der Waals surface area contributed by atoms with E-state index >= 15 is 0 Å². The second-order valence-electron chi connectivity index (χ2n) is 6.70. The van der Waals surface area contributed by atoms with Gasteiger partial charge in [-0.25, -0.2) is 0 Å². The van der Waals surface area contributed by atoms with Gasteiger partial charge < -0.3 is 15.2 Å². The molecule has 2 N–H and O–H groups in total. The highest BCUT2D eigenvalue weighted by atomic mass is 16.5. The molecule has 0 aromatic carbocycles. The molecule has 4 heteroatoms. The van der Waals surface area contributed by atoms with Crippen LogP contribution in [0.1, 0.15) is 64.2 Å². The Hall–Kier alpha value is -0.610. The van der Waals surface area contributed by atoms with Crippen LogP contribution in [0.4, 0.5) is 0 Å². The molecule has 4 nitrogen and oxygen atoms in total. The lowest BCUT2D eigenvalue weighted by Crippen LogP contribution is -2.51. The van der Waals surface area contributed by atoms with Crippen molar-refractivity contribution in [1.29, 1.82) is 0 Å². The van der Waals surface area contributed by atoms with E-state index in [2.05, 4.69) is 5.32 Å².